The molecule has 17 heavy (non-hydrogen) atoms. The highest BCUT2D eigenvalue weighted by Gasteiger charge is 2.30. The zero-order valence-corrected chi connectivity index (χ0v) is 9.32. The SMILES string of the molecule is O=CN1CCCC1C(=O)OCCCON(O)O. The van der Waals surface area contributed by atoms with Crippen molar-refractivity contribution in [2.45, 2.75) is 25.3 Å². The molecule has 1 amide bonds. The number of ether oxygens (including phenoxy) is 1. The molecule has 0 aromatic heterocycles. The van der Waals surface area contributed by atoms with Crippen LogP contribution in [0.2, 0.25) is 0 Å². The molecule has 1 atom stereocenters. The van der Waals surface area contributed by atoms with Gasteiger partial charge >= 0.3 is 5.97 Å². The van der Waals surface area contributed by atoms with Gasteiger partial charge in [-0.25, -0.2) is 4.79 Å². The van der Waals surface area contributed by atoms with E-state index in [-0.39, 0.29) is 13.2 Å². The molecule has 0 saturated carbocycles. The number of esters is 1. The summed E-state index contributed by atoms with van der Waals surface area (Å²) in [5.41, 5.74) is 0. The summed E-state index contributed by atoms with van der Waals surface area (Å²) in [5, 5.41) is 16.0. The maximum Gasteiger partial charge on any atom is 0.328 e. The third-order valence-electron chi connectivity index (χ3n) is 2.44. The average Bonchev–Trinajstić information content (AvgIpc) is 2.75. The molecule has 1 rings (SSSR count). The van der Waals surface area contributed by atoms with Gasteiger partial charge in [-0.05, 0) is 12.8 Å². The van der Waals surface area contributed by atoms with Gasteiger partial charge in [0, 0.05) is 13.0 Å². The highest BCUT2D eigenvalue weighted by atomic mass is 17.1. The number of nitrogens with zero attached hydrogens (tertiary/aromatic N) is 2. The summed E-state index contributed by atoms with van der Waals surface area (Å²) < 4.78 is 4.94. The van der Waals surface area contributed by atoms with Gasteiger partial charge in [0.05, 0.1) is 18.6 Å². The van der Waals surface area contributed by atoms with Crippen LogP contribution < -0.4 is 0 Å². The van der Waals surface area contributed by atoms with Gasteiger partial charge in [0.2, 0.25) is 6.41 Å². The maximum absolute atomic E-state index is 11.5. The first-order valence-electron chi connectivity index (χ1n) is 5.33. The molecule has 0 aliphatic carbocycles. The Bertz CT molecular complexity index is 260. The Hall–Kier alpha value is -1.22. The molecular weight excluding hydrogens is 232 g/mol. The van der Waals surface area contributed by atoms with Crippen LogP contribution in [0.15, 0.2) is 0 Å². The number of carbonyl (C=O) groups excluding carboxylic acids is 2. The lowest BCUT2D eigenvalue weighted by Crippen LogP contribution is -2.36. The fourth-order valence-corrected chi connectivity index (χ4v) is 1.64. The van der Waals surface area contributed by atoms with E-state index in [4.69, 9.17) is 15.2 Å². The van der Waals surface area contributed by atoms with Gasteiger partial charge < -0.3 is 9.64 Å². The minimum Gasteiger partial charge on any atom is -0.464 e. The Labute approximate surface area is 98.2 Å². The lowest BCUT2D eigenvalue weighted by molar-refractivity contribution is -0.492. The number of likely N-dealkylation sites (tertiary alicyclic amines) is 1. The molecule has 1 saturated heterocycles. The van der Waals surface area contributed by atoms with Crippen molar-refractivity contribution in [2.24, 2.45) is 0 Å². The van der Waals surface area contributed by atoms with Crippen LogP contribution in [-0.4, -0.2) is 58.9 Å². The third kappa shape index (κ3) is 4.65. The van der Waals surface area contributed by atoms with E-state index >= 15 is 0 Å². The number of amides is 1. The van der Waals surface area contributed by atoms with E-state index in [2.05, 4.69) is 4.84 Å². The molecule has 1 aliphatic heterocycles. The predicted molar refractivity (Wildman–Crippen MR) is 52.7 cm³/mol. The highest BCUT2D eigenvalue weighted by molar-refractivity contribution is 5.78. The second kappa shape index (κ2) is 7.17. The molecule has 0 radical (unpaired) electrons. The van der Waals surface area contributed by atoms with Crippen molar-refractivity contribution in [3.05, 3.63) is 0 Å². The van der Waals surface area contributed by atoms with Crippen molar-refractivity contribution in [1.82, 2.24) is 10.3 Å². The van der Waals surface area contributed by atoms with Crippen LogP contribution in [0.5, 0.6) is 0 Å². The molecule has 1 unspecified atom stereocenters. The zero-order chi connectivity index (χ0) is 12.7. The number of rotatable bonds is 7. The monoisotopic (exact) mass is 248 g/mol. The Balaban J connectivity index is 2.14. The van der Waals surface area contributed by atoms with Gasteiger partial charge in [-0.15, -0.1) is 0 Å². The van der Waals surface area contributed by atoms with E-state index in [1.807, 2.05) is 0 Å². The van der Waals surface area contributed by atoms with E-state index in [1.165, 1.54) is 4.90 Å². The number of hydrogen-bond donors (Lipinski definition) is 2. The number of carbonyl (C=O) groups is 2. The smallest absolute Gasteiger partial charge is 0.328 e. The first-order chi connectivity index (χ1) is 8.15. The van der Waals surface area contributed by atoms with Crippen molar-refractivity contribution >= 4 is 12.4 Å². The summed E-state index contributed by atoms with van der Waals surface area (Å²) in [5.74, 6) is -0.431. The van der Waals surface area contributed by atoms with Crippen LogP contribution in [0.25, 0.3) is 0 Å². The Kier molecular flexibility index (Phi) is 5.84. The van der Waals surface area contributed by atoms with E-state index in [0.717, 1.165) is 6.42 Å². The molecule has 2 N–H and O–H groups in total. The van der Waals surface area contributed by atoms with Gasteiger partial charge in [-0.1, -0.05) is 0 Å². The van der Waals surface area contributed by atoms with Gasteiger partial charge in [0.25, 0.3) is 0 Å². The van der Waals surface area contributed by atoms with Crippen LogP contribution in [-0.2, 0) is 19.2 Å². The van der Waals surface area contributed by atoms with Crippen LogP contribution >= 0.6 is 0 Å². The van der Waals surface area contributed by atoms with Crippen molar-refractivity contribution in [3.63, 3.8) is 0 Å². The minimum atomic E-state index is -0.486. The molecule has 1 heterocycles. The molecule has 1 aliphatic rings. The van der Waals surface area contributed by atoms with Crippen molar-refractivity contribution in [1.29, 1.82) is 0 Å². The Morgan fingerprint density at radius 1 is 1.47 bits per heavy atom. The first kappa shape index (κ1) is 13.8. The zero-order valence-electron chi connectivity index (χ0n) is 9.32. The molecule has 0 spiro atoms. The lowest BCUT2D eigenvalue weighted by atomic mass is 10.2. The fraction of sp³-hybridized carbons (Fsp3) is 0.778. The summed E-state index contributed by atoms with van der Waals surface area (Å²) in [6.07, 6.45) is 2.40. The molecule has 98 valence electrons. The first-order valence-corrected chi connectivity index (χ1v) is 5.33. The van der Waals surface area contributed by atoms with Crippen LogP contribution in [0.3, 0.4) is 0 Å². The Morgan fingerprint density at radius 3 is 2.88 bits per heavy atom. The van der Waals surface area contributed by atoms with Crippen LogP contribution in [0.1, 0.15) is 19.3 Å². The van der Waals surface area contributed by atoms with Gasteiger partial charge in [0.15, 0.2) is 0 Å². The van der Waals surface area contributed by atoms with Crippen molar-refractivity contribution < 1.29 is 29.6 Å². The highest BCUT2D eigenvalue weighted by Crippen LogP contribution is 2.16. The standard InChI is InChI=1S/C9H16N2O6/c12-7-10-4-1-3-8(10)9(13)16-5-2-6-17-11(14)15/h7-8,14-15H,1-6H2. The van der Waals surface area contributed by atoms with E-state index in [0.29, 0.717) is 25.8 Å². The lowest BCUT2D eigenvalue weighted by Gasteiger charge is -2.18. The summed E-state index contributed by atoms with van der Waals surface area (Å²) >= 11 is 0. The summed E-state index contributed by atoms with van der Waals surface area (Å²) in [6, 6.07) is -0.486. The van der Waals surface area contributed by atoms with Gasteiger partial charge in [-0.3, -0.25) is 20.0 Å². The Morgan fingerprint density at radius 2 is 2.24 bits per heavy atom. The maximum atomic E-state index is 11.5. The van der Waals surface area contributed by atoms with E-state index in [9.17, 15) is 9.59 Å². The minimum absolute atomic E-state index is 0.0162. The van der Waals surface area contributed by atoms with Crippen molar-refractivity contribution in [2.75, 3.05) is 19.8 Å². The predicted octanol–water partition coefficient (Wildman–Crippen LogP) is -0.447. The number of hydrogen-bond acceptors (Lipinski definition) is 7. The van der Waals surface area contributed by atoms with Crippen molar-refractivity contribution in [3.8, 4) is 0 Å². The molecule has 0 aromatic rings. The van der Waals surface area contributed by atoms with E-state index in [1.54, 1.807) is 0 Å². The second-order valence-electron chi connectivity index (χ2n) is 3.61. The molecular formula is C9H16N2O6. The molecule has 1 fully saturated rings. The molecule has 8 nitrogen and oxygen atoms in total. The van der Waals surface area contributed by atoms with Crippen LogP contribution in [0.4, 0.5) is 0 Å². The molecule has 8 heteroatoms. The topological polar surface area (TPSA) is 99.5 Å². The largest absolute Gasteiger partial charge is 0.464 e. The fourth-order valence-electron chi connectivity index (χ4n) is 1.64. The quantitative estimate of drug-likeness (QED) is 0.272. The van der Waals surface area contributed by atoms with E-state index < -0.39 is 17.4 Å². The summed E-state index contributed by atoms with van der Waals surface area (Å²) in [7, 11) is 0. The average molecular weight is 248 g/mol. The molecule has 0 aromatic carbocycles. The van der Waals surface area contributed by atoms with Crippen LogP contribution in [0, 0.1) is 0 Å². The second-order valence-corrected chi connectivity index (χ2v) is 3.61. The summed E-state index contributed by atoms with van der Waals surface area (Å²) in [4.78, 5) is 27.8. The summed E-state index contributed by atoms with van der Waals surface area (Å²) in [6.45, 7) is 0.703. The normalized spacial score (nSPS) is 19.7. The molecule has 0 bridgehead atoms. The van der Waals surface area contributed by atoms with Gasteiger partial charge in [0.1, 0.15) is 6.04 Å². The van der Waals surface area contributed by atoms with Gasteiger partial charge in [-0.2, -0.15) is 0 Å². The third-order valence-corrected chi connectivity index (χ3v) is 2.44.